The number of nitrogens with one attached hydrogen (secondary N) is 2. The van der Waals surface area contributed by atoms with E-state index in [4.69, 9.17) is 0 Å². The van der Waals surface area contributed by atoms with Crippen LogP contribution in [0.4, 0.5) is 0 Å². The van der Waals surface area contributed by atoms with Crippen molar-refractivity contribution < 1.29 is 0 Å². The summed E-state index contributed by atoms with van der Waals surface area (Å²) in [5, 5.41) is 9.36. The van der Waals surface area contributed by atoms with Crippen molar-refractivity contribution in [2.24, 2.45) is 0 Å². The third kappa shape index (κ3) is 2.23. The molecular weight excluding hydrogens is 288 g/mol. The molecule has 0 radical (unpaired) electrons. The molecule has 0 saturated carbocycles. The van der Waals surface area contributed by atoms with Crippen LogP contribution in [-0.2, 0) is 0 Å². The SMILES string of the molecule is Cc1[nH]c2ccccc2c1-c1nnc(-c2ccccc2)[nH]c1=O. The molecule has 0 fully saturated rings. The Labute approximate surface area is 132 Å². The van der Waals surface area contributed by atoms with E-state index < -0.39 is 0 Å². The Hall–Kier alpha value is -3.21. The van der Waals surface area contributed by atoms with Crippen LogP contribution in [-0.4, -0.2) is 20.2 Å². The van der Waals surface area contributed by atoms with Gasteiger partial charge in [0.05, 0.1) is 0 Å². The van der Waals surface area contributed by atoms with Gasteiger partial charge in [0.25, 0.3) is 5.56 Å². The number of H-pyrrole nitrogens is 2. The minimum absolute atomic E-state index is 0.244. The number of benzene rings is 2. The highest BCUT2D eigenvalue weighted by Crippen LogP contribution is 2.28. The average Bonchev–Trinajstić information content (AvgIpc) is 2.91. The minimum atomic E-state index is -0.244. The second-order valence-corrected chi connectivity index (χ2v) is 5.39. The molecule has 23 heavy (non-hydrogen) atoms. The van der Waals surface area contributed by atoms with Crippen molar-refractivity contribution in [3.8, 4) is 22.6 Å². The van der Waals surface area contributed by atoms with E-state index in [0.717, 1.165) is 27.7 Å². The van der Waals surface area contributed by atoms with Crippen LogP contribution in [0.25, 0.3) is 33.5 Å². The number of hydrogen-bond donors (Lipinski definition) is 2. The predicted molar refractivity (Wildman–Crippen MR) is 90.1 cm³/mol. The van der Waals surface area contributed by atoms with Gasteiger partial charge in [-0.2, -0.15) is 0 Å². The van der Waals surface area contributed by atoms with E-state index in [1.54, 1.807) is 0 Å². The summed E-state index contributed by atoms with van der Waals surface area (Å²) in [7, 11) is 0. The van der Waals surface area contributed by atoms with Crippen molar-refractivity contribution >= 4 is 10.9 Å². The monoisotopic (exact) mass is 302 g/mol. The highest BCUT2D eigenvalue weighted by molar-refractivity contribution is 5.96. The molecule has 2 aromatic carbocycles. The molecule has 0 atom stereocenters. The van der Waals surface area contributed by atoms with Crippen LogP contribution in [0.3, 0.4) is 0 Å². The van der Waals surface area contributed by atoms with Crippen molar-refractivity contribution in [2.45, 2.75) is 6.92 Å². The largest absolute Gasteiger partial charge is 0.358 e. The summed E-state index contributed by atoms with van der Waals surface area (Å²) < 4.78 is 0. The van der Waals surface area contributed by atoms with Crippen LogP contribution in [0.5, 0.6) is 0 Å². The van der Waals surface area contributed by atoms with E-state index in [9.17, 15) is 4.79 Å². The van der Waals surface area contributed by atoms with Crippen LogP contribution in [0, 0.1) is 6.92 Å². The zero-order valence-electron chi connectivity index (χ0n) is 12.5. The summed E-state index contributed by atoms with van der Waals surface area (Å²) in [6.45, 7) is 1.93. The average molecular weight is 302 g/mol. The summed E-state index contributed by atoms with van der Waals surface area (Å²) >= 11 is 0. The molecule has 112 valence electrons. The standard InChI is InChI=1S/C18H14N4O/c1-11-15(13-9-5-6-10-14(13)19-11)16-18(23)20-17(22-21-16)12-7-3-2-4-8-12/h2-10,19H,1H3,(H,20,22,23). The van der Waals surface area contributed by atoms with E-state index in [1.807, 2.05) is 61.5 Å². The number of nitrogens with zero attached hydrogens (tertiary/aromatic N) is 2. The lowest BCUT2D eigenvalue weighted by Gasteiger charge is -2.02. The van der Waals surface area contributed by atoms with Crippen LogP contribution >= 0.6 is 0 Å². The Balaban J connectivity index is 1.90. The first-order chi connectivity index (χ1) is 11.2. The predicted octanol–water partition coefficient (Wildman–Crippen LogP) is 3.29. The Morgan fingerprint density at radius 1 is 0.870 bits per heavy atom. The van der Waals surface area contributed by atoms with E-state index in [1.165, 1.54) is 0 Å². The third-order valence-corrected chi connectivity index (χ3v) is 3.87. The first-order valence-corrected chi connectivity index (χ1v) is 7.34. The van der Waals surface area contributed by atoms with Crippen molar-refractivity contribution in [2.75, 3.05) is 0 Å². The zero-order chi connectivity index (χ0) is 15.8. The van der Waals surface area contributed by atoms with E-state index in [2.05, 4.69) is 20.2 Å². The second kappa shape index (κ2) is 5.21. The molecule has 0 aliphatic heterocycles. The number of aryl methyl sites for hydroxylation is 1. The van der Waals surface area contributed by atoms with Gasteiger partial charge in [-0.15, -0.1) is 10.2 Å². The molecule has 0 saturated heterocycles. The lowest BCUT2D eigenvalue weighted by atomic mass is 10.1. The fourth-order valence-electron chi connectivity index (χ4n) is 2.81. The van der Waals surface area contributed by atoms with Gasteiger partial charge >= 0.3 is 0 Å². The highest BCUT2D eigenvalue weighted by atomic mass is 16.1. The van der Waals surface area contributed by atoms with Gasteiger partial charge in [-0.25, -0.2) is 0 Å². The summed E-state index contributed by atoms with van der Waals surface area (Å²) in [6.07, 6.45) is 0. The highest BCUT2D eigenvalue weighted by Gasteiger charge is 2.16. The van der Waals surface area contributed by atoms with E-state index in [-0.39, 0.29) is 5.56 Å². The third-order valence-electron chi connectivity index (χ3n) is 3.87. The van der Waals surface area contributed by atoms with Gasteiger partial charge in [-0.05, 0) is 13.0 Å². The lowest BCUT2D eigenvalue weighted by molar-refractivity contribution is 0.962. The van der Waals surface area contributed by atoms with Gasteiger partial charge in [0, 0.05) is 27.7 Å². The molecule has 0 aliphatic rings. The molecule has 2 aromatic heterocycles. The number of rotatable bonds is 2. The number of para-hydroxylation sites is 1. The smallest absolute Gasteiger partial charge is 0.278 e. The fraction of sp³-hybridized carbons (Fsp3) is 0.0556. The number of hydrogen-bond acceptors (Lipinski definition) is 3. The summed E-state index contributed by atoms with van der Waals surface area (Å²) in [5.74, 6) is 0.469. The van der Waals surface area contributed by atoms with Crippen LogP contribution in [0.15, 0.2) is 59.4 Å². The maximum Gasteiger partial charge on any atom is 0.278 e. The molecule has 2 heterocycles. The van der Waals surface area contributed by atoms with Crippen molar-refractivity contribution in [3.63, 3.8) is 0 Å². The van der Waals surface area contributed by atoms with Gasteiger partial charge in [-0.1, -0.05) is 48.5 Å². The Kier molecular flexibility index (Phi) is 3.05. The van der Waals surface area contributed by atoms with Gasteiger partial charge in [0.1, 0.15) is 0 Å². The molecule has 5 heteroatoms. The fourth-order valence-corrected chi connectivity index (χ4v) is 2.81. The molecular formula is C18H14N4O. The number of fused-ring (bicyclic) bond motifs is 1. The van der Waals surface area contributed by atoms with Gasteiger partial charge in [-0.3, -0.25) is 4.79 Å². The van der Waals surface area contributed by atoms with Gasteiger partial charge in [0.2, 0.25) is 0 Å². The second-order valence-electron chi connectivity index (χ2n) is 5.39. The normalized spacial score (nSPS) is 11.0. The molecule has 0 aliphatic carbocycles. The van der Waals surface area contributed by atoms with E-state index >= 15 is 0 Å². The van der Waals surface area contributed by atoms with Crippen molar-refractivity contribution in [1.82, 2.24) is 20.2 Å². The van der Waals surface area contributed by atoms with Crippen LogP contribution in [0.1, 0.15) is 5.69 Å². The molecule has 4 aromatic rings. The first kappa shape index (κ1) is 13.5. The van der Waals surface area contributed by atoms with Crippen molar-refractivity contribution in [3.05, 3.63) is 70.6 Å². The molecule has 5 nitrogen and oxygen atoms in total. The number of aromatic amines is 2. The topological polar surface area (TPSA) is 74.4 Å². The molecule has 0 unspecified atom stereocenters. The van der Waals surface area contributed by atoms with Crippen molar-refractivity contribution in [1.29, 1.82) is 0 Å². The first-order valence-electron chi connectivity index (χ1n) is 7.34. The molecule has 0 amide bonds. The van der Waals surface area contributed by atoms with Gasteiger partial charge in [0.15, 0.2) is 11.5 Å². The molecule has 2 N–H and O–H groups in total. The minimum Gasteiger partial charge on any atom is -0.358 e. The summed E-state index contributed by atoms with van der Waals surface area (Å²) in [5.41, 5.74) is 3.60. The van der Waals surface area contributed by atoms with Crippen LogP contribution in [0.2, 0.25) is 0 Å². The van der Waals surface area contributed by atoms with Gasteiger partial charge < -0.3 is 9.97 Å². The maximum absolute atomic E-state index is 12.5. The number of aromatic nitrogens is 4. The molecule has 0 bridgehead atoms. The Bertz CT molecular complexity index is 1050. The molecule has 0 spiro atoms. The summed E-state index contributed by atoms with van der Waals surface area (Å²) in [6, 6.07) is 17.3. The lowest BCUT2D eigenvalue weighted by Crippen LogP contribution is -2.14. The van der Waals surface area contributed by atoms with E-state index in [0.29, 0.717) is 11.5 Å². The Morgan fingerprint density at radius 2 is 1.61 bits per heavy atom. The van der Waals surface area contributed by atoms with Crippen LogP contribution < -0.4 is 5.56 Å². The summed E-state index contributed by atoms with van der Waals surface area (Å²) in [4.78, 5) is 18.6. The zero-order valence-corrected chi connectivity index (χ0v) is 12.5. The quantitative estimate of drug-likeness (QED) is 0.596. The molecule has 4 rings (SSSR count). The maximum atomic E-state index is 12.5. The Morgan fingerprint density at radius 3 is 2.39 bits per heavy atom.